The van der Waals surface area contributed by atoms with E-state index in [2.05, 4.69) is 0 Å². The van der Waals surface area contributed by atoms with Gasteiger partial charge >= 0.3 is 11.9 Å². The second-order valence-electron chi connectivity index (χ2n) is 3.60. The number of carbonyl (C=O) groups is 2. The number of benzene rings is 1. The quantitative estimate of drug-likeness (QED) is 0.740. The van der Waals surface area contributed by atoms with Gasteiger partial charge in [0.15, 0.2) is 0 Å². The largest absolute Gasteiger partial charge is 0.492 e. The third-order valence-corrected chi connectivity index (χ3v) is 2.22. The number of ether oxygens (including phenoxy) is 1. The van der Waals surface area contributed by atoms with E-state index in [1.54, 1.807) is 19.1 Å². The van der Waals surface area contributed by atoms with Gasteiger partial charge in [0.05, 0.1) is 6.61 Å². The maximum absolute atomic E-state index is 10.9. The van der Waals surface area contributed by atoms with E-state index in [4.69, 9.17) is 14.9 Å². The Bertz CT molecular complexity index is 425. The van der Waals surface area contributed by atoms with E-state index in [9.17, 15) is 9.59 Å². The smallest absolute Gasteiger partial charge is 0.339 e. The minimum Gasteiger partial charge on any atom is -0.492 e. The molecule has 0 heterocycles. The lowest BCUT2D eigenvalue weighted by atomic mass is 10.1. The van der Waals surface area contributed by atoms with Gasteiger partial charge in [0.1, 0.15) is 11.3 Å². The monoisotopic (exact) mass is 238 g/mol. The number of hydrogen-bond acceptors (Lipinski definition) is 3. The molecule has 0 amide bonds. The molecule has 0 saturated heterocycles. The lowest BCUT2D eigenvalue weighted by molar-refractivity contribution is -0.137. The van der Waals surface area contributed by atoms with Crippen molar-refractivity contribution in [3.63, 3.8) is 0 Å². The molecular weight excluding hydrogens is 224 g/mol. The topological polar surface area (TPSA) is 83.8 Å². The second kappa shape index (κ2) is 5.89. The number of hydrogen-bond donors (Lipinski definition) is 2. The molecule has 17 heavy (non-hydrogen) atoms. The van der Waals surface area contributed by atoms with E-state index in [0.717, 1.165) is 5.56 Å². The molecular formula is C12H14O5. The van der Waals surface area contributed by atoms with E-state index >= 15 is 0 Å². The Kier molecular flexibility index (Phi) is 4.51. The molecule has 92 valence electrons. The Hall–Kier alpha value is -2.04. The van der Waals surface area contributed by atoms with Crippen LogP contribution < -0.4 is 4.74 Å². The molecule has 0 atom stereocenters. The zero-order valence-corrected chi connectivity index (χ0v) is 9.47. The van der Waals surface area contributed by atoms with Gasteiger partial charge in [-0.1, -0.05) is 12.1 Å². The molecule has 2 N–H and O–H groups in total. The van der Waals surface area contributed by atoms with Gasteiger partial charge < -0.3 is 14.9 Å². The van der Waals surface area contributed by atoms with Gasteiger partial charge in [-0.05, 0) is 25.0 Å². The molecule has 0 unspecified atom stereocenters. The molecule has 0 aliphatic carbocycles. The van der Waals surface area contributed by atoms with Gasteiger partial charge in [-0.15, -0.1) is 0 Å². The Morgan fingerprint density at radius 1 is 1.29 bits per heavy atom. The molecule has 0 radical (unpaired) electrons. The molecule has 1 aromatic carbocycles. The summed E-state index contributed by atoms with van der Waals surface area (Å²) in [6, 6.07) is 4.85. The van der Waals surface area contributed by atoms with Gasteiger partial charge in [0, 0.05) is 6.42 Å². The minimum atomic E-state index is -1.05. The van der Waals surface area contributed by atoms with Gasteiger partial charge in [0.2, 0.25) is 0 Å². The number of aromatic carboxylic acids is 1. The van der Waals surface area contributed by atoms with Crippen molar-refractivity contribution < 1.29 is 24.5 Å². The van der Waals surface area contributed by atoms with Crippen LogP contribution in [0.15, 0.2) is 18.2 Å². The SMILES string of the molecule is Cc1cccc(C(=O)O)c1OCCCC(=O)O. The summed E-state index contributed by atoms with van der Waals surface area (Å²) in [6.45, 7) is 1.94. The van der Waals surface area contributed by atoms with Crippen molar-refractivity contribution in [1.82, 2.24) is 0 Å². The second-order valence-corrected chi connectivity index (χ2v) is 3.60. The summed E-state index contributed by atoms with van der Waals surface area (Å²) in [5.41, 5.74) is 0.820. The highest BCUT2D eigenvalue weighted by Crippen LogP contribution is 2.23. The molecule has 1 rings (SSSR count). The number of aryl methyl sites for hydroxylation is 1. The molecule has 1 aromatic rings. The van der Waals surface area contributed by atoms with Crippen molar-refractivity contribution in [3.05, 3.63) is 29.3 Å². The summed E-state index contributed by atoms with van der Waals surface area (Å²) >= 11 is 0. The van der Waals surface area contributed by atoms with Crippen LogP contribution in [0.3, 0.4) is 0 Å². The minimum absolute atomic E-state index is 0.00822. The summed E-state index contributed by atoms with van der Waals surface area (Å²) in [5, 5.41) is 17.4. The summed E-state index contributed by atoms with van der Waals surface area (Å²) in [5.74, 6) is -1.64. The highest BCUT2D eigenvalue weighted by Gasteiger charge is 2.13. The van der Waals surface area contributed by atoms with Crippen molar-refractivity contribution in [3.8, 4) is 5.75 Å². The van der Waals surface area contributed by atoms with Crippen LogP contribution >= 0.6 is 0 Å². The molecule has 5 heteroatoms. The summed E-state index contributed by atoms with van der Waals surface area (Å²) < 4.78 is 5.34. The summed E-state index contributed by atoms with van der Waals surface area (Å²) in [6.07, 6.45) is 0.358. The van der Waals surface area contributed by atoms with Crippen LogP contribution in [-0.2, 0) is 4.79 Å². The normalized spacial score (nSPS) is 9.94. The third-order valence-electron chi connectivity index (χ3n) is 2.22. The van der Waals surface area contributed by atoms with E-state index < -0.39 is 11.9 Å². The Balaban J connectivity index is 2.69. The lowest BCUT2D eigenvalue weighted by Gasteiger charge is -2.11. The van der Waals surface area contributed by atoms with Crippen LogP contribution in [0, 0.1) is 6.92 Å². The van der Waals surface area contributed by atoms with Gasteiger partial charge in [-0.25, -0.2) is 4.79 Å². The number of carboxylic acid groups (broad SMARTS) is 2. The van der Waals surface area contributed by atoms with E-state index in [1.807, 2.05) is 0 Å². The highest BCUT2D eigenvalue weighted by atomic mass is 16.5. The summed E-state index contributed by atoms with van der Waals surface area (Å²) in [7, 11) is 0. The molecule has 0 aromatic heterocycles. The van der Waals surface area contributed by atoms with Gasteiger partial charge in [-0.3, -0.25) is 4.79 Å². The Morgan fingerprint density at radius 3 is 2.59 bits per heavy atom. The first kappa shape index (κ1) is 13.0. The van der Waals surface area contributed by atoms with E-state index in [0.29, 0.717) is 12.2 Å². The van der Waals surface area contributed by atoms with Crippen molar-refractivity contribution >= 4 is 11.9 Å². The fourth-order valence-electron chi connectivity index (χ4n) is 1.41. The summed E-state index contributed by atoms with van der Waals surface area (Å²) in [4.78, 5) is 21.2. The van der Waals surface area contributed by atoms with Crippen LogP contribution in [0.4, 0.5) is 0 Å². The first-order chi connectivity index (χ1) is 8.02. The van der Waals surface area contributed by atoms with Gasteiger partial charge in [-0.2, -0.15) is 0 Å². The number of aliphatic carboxylic acids is 1. The first-order valence-electron chi connectivity index (χ1n) is 5.20. The number of para-hydroxylation sites is 1. The fourth-order valence-corrected chi connectivity index (χ4v) is 1.41. The number of rotatable bonds is 6. The Labute approximate surface area is 98.6 Å². The first-order valence-corrected chi connectivity index (χ1v) is 5.20. The number of carboxylic acids is 2. The van der Waals surface area contributed by atoms with Crippen LogP contribution in [0.1, 0.15) is 28.8 Å². The predicted molar refractivity (Wildman–Crippen MR) is 60.5 cm³/mol. The average molecular weight is 238 g/mol. The van der Waals surface area contributed by atoms with Crippen molar-refractivity contribution in [2.45, 2.75) is 19.8 Å². The maximum Gasteiger partial charge on any atom is 0.339 e. The Morgan fingerprint density at radius 2 is 2.00 bits per heavy atom. The molecule has 0 saturated carbocycles. The van der Waals surface area contributed by atoms with E-state index in [-0.39, 0.29) is 18.6 Å². The van der Waals surface area contributed by atoms with Crippen LogP contribution in [0.5, 0.6) is 5.75 Å². The molecule has 5 nitrogen and oxygen atoms in total. The molecule has 0 spiro atoms. The highest BCUT2D eigenvalue weighted by molar-refractivity contribution is 5.91. The lowest BCUT2D eigenvalue weighted by Crippen LogP contribution is -2.07. The zero-order chi connectivity index (χ0) is 12.8. The molecule has 0 bridgehead atoms. The standard InChI is InChI=1S/C12H14O5/c1-8-4-2-5-9(12(15)16)11(8)17-7-3-6-10(13)14/h2,4-5H,3,6-7H2,1H3,(H,13,14)(H,15,16). The maximum atomic E-state index is 10.9. The predicted octanol–water partition coefficient (Wildman–Crippen LogP) is 1.94. The fraction of sp³-hybridized carbons (Fsp3) is 0.333. The van der Waals surface area contributed by atoms with E-state index in [1.165, 1.54) is 6.07 Å². The van der Waals surface area contributed by atoms with Crippen LogP contribution in [0.25, 0.3) is 0 Å². The molecule has 0 aliphatic heterocycles. The van der Waals surface area contributed by atoms with Gasteiger partial charge in [0.25, 0.3) is 0 Å². The van der Waals surface area contributed by atoms with Crippen LogP contribution in [0.2, 0.25) is 0 Å². The molecule has 0 fully saturated rings. The average Bonchev–Trinajstić information content (AvgIpc) is 2.25. The van der Waals surface area contributed by atoms with Crippen molar-refractivity contribution in [1.29, 1.82) is 0 Å². The zero-order valence-electron chi connectivity index (χ0n) is 9.47. The van der Waals surface area contributed by atoms with Crippen molar-refractivity contribution in [2.24, 2.45) is 0 Å². The van der Waals surface area contributed by atoms with Crippen molar-refractivity contribution in [2.75, 3.05) is 6.61 Å². The molecule has 0 aliphatic rings. The third kappa shape index (κ3) is 3.79. The van der Waals surface area contributed by atoms with Crippen LogP contribution in [-0.4, -0.2) is 28.8 Å².